The van der Waals surface area contributed by atoms with Gasteiger partial charge in [0.2, 0.25) is 11.8 Å². The third kappa shape index (κ3) is 7.28. The minimum Gasteiger partial charge on any atom is -0.394 e. The molecule has 15 heteroatoms. The predicted octanol–water partition coefficient (Wildman–Crippen LogP) is -3.05. The molecule has 3 saturated heterocycles. The SMILES string of the molecule is CO[C@H]1[C@H](OCC2OC(O)[C@@H](NC(C)=O)[C@@H](O)C2OC2O[C@@H](CO)[C@@H](C)C(O)C2NC(C)=O)OC(C)C(O)[C@@H]1C. The van der Waals surface area contributed by atoms with Crippen molar-refractivity contribution in [1.29, 1.82) is 0 Å². The van der Waals surface area contributed by atoms with Crippen molar-refractivity contribution in [2.45, 2.75) is 114 Å². The minimum absolute atomic E-state index is 0.300. The van der Waals surface area contributed by atoms with Crippen molar-refractivity contribution in [2.24, 2.45) is 11.8 Å². The van der Waals surface area contributed by atoms with E-state index in [1.165, 1.54) is 21.0 Å². The van der Waals surface area contributed by atoms with Crippen molar-refractivity contribution in [3.8, 4) is 0 Å². The number of rotatable bonds is 9. The van der Waals surface area contributed by atoms with Gasteiger partial charge in [0.1, 0.15) is 36.5 Å². The molecule has 2 amide bonds. The van der Waals surface area contributed by atoms with Crippen LogP contribution in [-0.4, -0.2) is 137 Å². The molecule has 3 aliphatic heterocycles. The summed E-state index contributed by atoms with van der Waals surface area (Å²) in [4.78, 5) is 23.7. The van der Waals surface area contributed by atoms with Crippen molar-refractivity contribution in [2.75, 3.05) is 20.3 Å². The summed E-state index contributed by atoms with van der Waals surface area (Å²) in [5.74, 6) is -1.94. The van der Waals surface area contributed by atoms with Crippen LogP contribution in [0.25, 0.3) is 0 Å². The number of hydrogen-bond donors (Lipinski definition) is 7. The number of amides is 2. The first kappa shape index (κ1) is 33.0. The fourth-order valence-corrected chi connectivity index (χ4v) is 5.47. The van der Waals surface area contributed by atoms with E-state index in [1.807, 2.05) is 0 Å². The zero-order chi connectivity index (χ0) is 29.9. The molecule has 0 radical (unpaired) electrons. The standard InChI is InChI=1S/C25H44N2O13/c1-9-14(7-28)39-24(17(19(9)32)27-13(5)30)40-22-15(38-23(34)16(20(22)33)26-12(4)29)8-36-25-21(35-6)10(2)18(31)11(3)37-25/h9-11,14-25,28,31-34H,7-8H2,1-6H3,(H,26,29)(H,27,30)/t9-,10+,11?,14+,15?,16+,17?,18?,19?,20-,21-,22?,23?,24?,25-/m1/s1. The van der Waals surface area contributed by atoms with Gasteiger partial charge in [-0.1, -0.05) is 13.8 Å². The average molecular weight is 581 g/mol. The molecular weight excluding hydrogens is 536 g/mol. The van der Waals surface area contributed by atoms with E-state index in [1.54, 1.807) is 20.8 Å². The summed E-state index contributed by atoms with van der Waals surface area (Å²) in [6.45, 7) is 6.82. The second kappa shape index (κ2) is 14.1. The molecule has 0 aliphatic carbocycles. The summed E-state index contributed by atoms with van der Waals surface area (Å²) in [6.07, 6.45) is -12.1. The van der Waals surface area contributed by atoms with Crippen LogP contribution < -0.4 is 10.6 Å². The second-order valence-electron chi connectivity index (χ2n) is 10.8. The van der Waals surface area contributed by atoms with E-state index < -0.39 is 104 Å². The van der Waals surface area contributed by atoms with Gasteiger partial charge in [-0.25, -0.2) is 0 Å². The monoisotopic (exact) mass is 580 g/mol. The molecule has 0 spiro atoms. The van der Waals surface area contributed by atoms with Crippen LogP contribution in [0, 0.1) is 11.8 Å². The number of aliphatic hydroxyl groups excluding tert-OH is 5. The molecule has 0 saturated carbocycles. The van der Waals surface area contributed by atoms with Crippen molar-refractivity contribution in [3.05, 3.63) is 0 Å². The first-order valence-corrected chi connectivity index (χ1v) is 13.4. The van der Waals surface area contributed by atoms with Gasteiger partial charge >= 0.3 is 0 Å². The lowest BCUT2D eigenvalue weighted by Crippen LogP contribution is -2.68. The number of hydrogen-bond acceptors (Lipinski definition) is 13. The van der Waals surface area contributed by atoms with Gasteiger partial charge < -0.3 is 64.6 Å². The first-order chi connectivity index (χ1) is 18.8. The van der Waals surface area contributed by atoms with Gasteiger partial charge in [0.05, 0.1) is 37.6 Å². The quantitative estimate of drug-likeness (QED) is 0.144. The average Bonchev–Trinajstić information content (AvgIpc) is 2.89. The molecule has 3 aliphatic rings. The number of carbonyl (C=O) groups excluding carboxylic acids is 2. The molecule has 15 atom stereocenters. The fraction of sp³-hybridized carbons (Fsp3) is 0.920. The van der Waals surface area contributed by atoms with Crippen molar-refractivity contribution < 1.29 is 63.5 Å². The molecule has 40 heavy (non-hydrogen) atoms. The molecule has 15 nitrogen and oxygen atoms in total. The topological polar surface area (TPSA) is 215 Å². The Morgan fingerprint density at radius 1 is 0.775 bits per heavy atom. The lowest BCUT2D eigenvalue weighted by molar-refractivity contribution is -0.336. The maximum atomic E-state index is 11.9. The highest BCUT2D eigenvalue weighted by atomic mass is 16.7. The Balaban J connectivity index is 1.86. The predicted molar refractivity (Wildman–Crippen MR) is 134 cm³/mol. The third-order valence-corrected chi connectivity index (χ3v) is 7.85. The number of aliphatic hydroxyl groups is 5. The highest BCUT2D eigenvalue weighted by molar-refractivity contribution is 5.73. The summed E-state index contributed by atoms with van der Waals surface area (Å²) >= 11 is 0. The van der Waals surface area contributed by atoms with Crippen molar-refractivity contribution in [3.63, 3.8) is 0 Å². The highest BCUT2D eigenvalue weighted by Crippen LogP contribution is 2.33. The van der Waals surface area contributed by atoms with Gasteiger partial charge in [0.25, 0.3) is 0 Å². The van der Waals surface area contributed by atoms with Gasteiger partial charge in [-0.15, -0.1) is 0 Å². The van der Waals surface area contributed by atoms with Crippen LogP contribution in [0.15, 0.2) is 0 Å². The van der Waals surface area contributed by atoms with Crippen LogP contribution in [-0.2, 0) is 38.0 Å². The lowest BCUT2D eigenvalue weighted by atomic mass is 9.89. The zero-order valence-electron chi connectivity index (χ0n) is 23.6. The Morgan fingerprint density at radius 2 is 1.40 bits per heavy atom. The molecule has 8 unspecified atom stereocenters. The zero-order valence-corrected chi connectivity index (χ0v) is 23.6. The smallest absolute Gasteiger partial charge is 0.217 e. The van der Waals surface area contributed by atoms with Gasteiger partial charge in [0.15, 0.2) is 18.9 Å². The summed E-state index contributed by atoms with van der Waals surface area (Å²) in [5, 5.41) is 57.9. The molecule has 0 aromatic heterocycles. The molecule has 3 fully saturated rings. The van der Waals surface area contributed by atoms with Crippen LogP contribution in [0.5, 0.6) is 0 Å². The lowest BCUT2D eigenvalue weighted by Gasteiger charge is -2.48. The molecule has 3 rings (SSSR count). The van der Waals surface area contributed by atoms with Crippen molar-refractivity contribution >= 4 is 11.8 Å². The Hall–Kier alpha value is -1.50. The second-order valence-corrected chi connectivity index (χ2v) is 10.8. The van der Waals surface area contributed by atoms with E-state index in [0.29, 0.717) is 0 Å². The maximum Gasteiger partial charge on any atom is 0.217 e. The summed E-state index contributed by atoms with van der Waals surface area (Å²) in [5.41, 5.74) is 0. The van der Waals surface area contributed by atoms with E-state index in [2.05, 4.69) is 10.6 Å². The number of ether oxygens (including phenoxy) is 6. The van der Waals surface area contributed by atoms with E-state index >= 15 is 0 Å². The van der Waals surface area contributed by atoms with Gasteiger partial charge in [-0.05, 0) is 6.92 Å². The van der Waals surface area contributed by atoms with Crippen LogP contribution in [0.4, 0.5) is 0 Å². The Morgan fingerprint density at radius 3 is 1.98 bits per heavy atom. The third-order valence-electron chi connectivity index (χ3n) is 7.85. The van der Waals surface area contributed by atoms with E-state index in [0.717, 1.165) is 0 Å². The summed E-state index contributed by atoms with van der Waals surface area (Å²) in [7, 11) is 1.45. The van der Waals surface area contributed by atoms with Crippen LogP contribution in [0.1, 0.15) is 34.6 Å². The van der Waals surface area contributed by atoms with Crippen LogP contribution >= 0.6 is 0 Å². The summed E-state index contributed by atoms with van der Waals surface area (Å²) < 4.78 is 34.9. The number of methoxy groups -OCH3 is 1. The number of carbonyl (C=O) groups is 2. The highest BCUT2D eigenvalue weighted by Gasteiger charge is 2.51. The molecule has 0 aromatic rings. The minimum atomic E-state index is -1.65. The van der Waals surface area contributed by atoms with Crippen LogP contribution in [0.2, 0.25) is 0 Å². The van der Waals surface area contributed by atoms with Crippen molar-refractivity contribution in [1.82, 2.24) is 10.6 Å². The molecule has 232 valence electrons. The Kier molecular flexibility index (Phi) is 11.6. The van der Waals surface area contributed by atoms with E-state index in [-0.39, 0.29) is 12.5 Å². The molecular formula is C25H44N2O13. The Bertz CT molecular complexity index is 852. The van der Waals surface area contributed by atoms with Gasteiger partial charge in [0, 0.05) is 32.8 Å². The first-order valence-electron chi connectivity index (χ1n) is 13.4. The van der Waals surface area contributed by atoms with E-state index in [4.69, 9.17) is 28.4 Å². The summed E-state index contributed by atoms with van der Waals surface area (Å²) in [6, 6.07) is -2.38. The maximum absolute atomic E-state index is 11.9. The van der Waals surface area contributed by atoms with E-state index in [9.17, 15) is 35.1 Å². The van der Waals surface area contributed by atoms with Gasteiger partial charge in [-0.3, -0.25) is 9.59 Å². The largest absolute Gasteiger partial charge is 0.394 e. The number of nitrogens with one attached hydrogen (secondary N) is 2. The Labute approximate surface area is 233 Å². The van der Waals surface area contributed by atoms with Crippen LogP contribution in [0.3, 0.4) is 0 Å². The van der Waals surface area contributed by atoms with Gasteiger partial charge in [-0.2, -0.15) is 0 Å². The molecule has 3 heterocycles. The molecule has 0 bridgehead atoms. The molecule has 7 N–H and O–H groups in total. The fourth-order valence-electron chi connectivity index (χ4n) is 5.47. The molecule has 0 aromatic carbocycles. The normalized spacial score (nSPS) is 46.0.